The molecule has 20 heavy (non-hydrogen) atoms. The first-order valence-electron chi connectivity index (χ1n) is 7.10. The van der Waals surface area contributed by atoms with Gasteiger partial charge in [-0.2, -0.15) is 8.78 Å². The third-order valence-electron chi connectivity index (χ3n) is 3.81. The molecule has 0 amide bonds. The largest absolute Gasteiger partial charge is 0.504 e. The Morgan fingerprint density at radius 1 is 1.35 bits per heavy atom. The summed E-state index contributed by atoms with van der Waals surface area (Å²) >= 11 is 0. The quantitative estimate of drug-likeness (QED) is 0.897. The number of rotatable bonds is 5. The number of nitrogens with zero attached hydrogens (tertiary/aromatic N) is 1. The maximum absolute atomic E-state index is 12.3. The molecule has 2 rings (SSSR count). The number of ether oxygens (including phenoxy) is 1. The number of phenols is 1. The molecule has 1 aromatic carbocycles. The predicted molar refractivity (Wildman–Crippen MR) is 73.4 cm³/mol. The molecule has 0 aliphatic carbocycles. The van der Waals surface area contributed by atoms with Gasteiger partial charge in [0.15, 0.2) is 11.5 Å². The minimum absolute atomic E-state index is 0.131. The lowest BCUT2D eigenvalue weighted by Gasteiger charge is -2.32. The first-order chi connectivity index (χ1) is 9.61. The summed E-state index contributed by atoms with van der Waals surface area (Å²) in [5.74, 6) is -0.0560. The number of halogens is 2. The van der Waals surface area contributed by atoms with Crippen LogP contribution in [0.2, 0.25) is 0 Å². The number of para-hydroxylation sites is 1. The molecule has 1 fully saturated rings. The van der Waals surface area contributed by atoms with E-state index in [-0.39, 0.29) is 17.4 Å². The van der Waals surface area contributed by atoms with Crippen LogP contribution in [0.25, 0.3) is 0 Å². The fourth-order valence-corrected chi connectivity index (χ4v) is 2.84. The molecule has 0 unspecified atom stereocenters. The van der Waals surface area contributed by atoms with Crippen LogP contribution in [0, 0.1) is 0 Å². The molecule has 1 aliphatic heterocycles. The zero-order chi connectivity index (χ0) is 14.5. The Labute approximate surface area is 118 Å². The van der Waals surface area contributed by atoms with Crippen LogP contribution >= 0.6 is 0 Å². The van der Waals surface area contributed by atoms with Crippen molar-refractivity contribution in [2.75, 3.05) is 19.6 Å². The number of hydrogen-bond donors (Lipinski definition) is 1. The average molecular weight is 285 g/mol. The first-order valence-corrected chi connectivity index (χ1v) is 7.10. The van der Waals surface area contributed by atoms with Gasteiger partial charge in [-0.15, -0.1) is 0 Å². The second-order valence-corrected chi connectivity index (χ2v) is 5.19. The van der Waals surface area contributed by atoms with Crippen molar-refractivity contribution >= 4 is 0 Å². The molecule has 1 heterocycles. The molecular weight excluding hydrogens is 264 g/mol. The molecule has 0 spiro atoms. The van der Waals surface area contributed by atoms with E-state index in [1.807, 2.05) is 0 Å². The number of hydrogen-bond acceptors (Lipinski definition) is 3. The highest BCUT2D eigenvalue weighted by Gasteiger charge is 2.24. The lowest BCUT2D eigenvalue weighted by molar-refractivity contribution is -0.0513. The van der Waals surface area contributed by atoms with Gasteiger partial charge in [0.05, 0.1) is 0 Å². The molecular formula is C15H21F2NO2. The standard InChI is InChI=1S/C15H21F2NO2/c1-2-8-18-9-6-11(7-10-18)12-4-3-5-13(14(12)19)20-15(16)17/h3-5,11,15,19H,2,6-10H2,1H3. The first kappa shape index (κ1) is 15.0. The Balaban J connectivity index is 2.06. The van der Waals surface area contributed by atoms with E-state index >= 15 is 0 Å². The van der Waals surface area contributed by atoms with Gasteiger partial charge in [-0.25, -0.2) is 0 Å². The number of phenolic OH excluding ortho intramolecular Hbond substituents is 1. The summed E-state index contributed by atoms with van der Waals surface area (Å²) in [6, 6.07) is 4.83. The molecule has 5 heteroatoms. The SMILES string of the molecule is CCCN1CCC(c2cccc(OC(F)F)c2O)CC1. The summed E-state index contributed by atoms with van der Waals surface area (Å²) in [6.07, 6.45) is 3.00. The van der Waals surface area contributed by atoms with E-state index in [4.69, 9.17) is 0 Å². The van der Waals surface area contributed by atoms with E-state index in [1.165, 1.54) is 6.07 Å². The van der Waals surface area contributed by atoms with Gasteiger partial charge in [0.1, 0.15) is 0 Å². The van der Waals surface area contributed by atoms with E-state index in [9.17, 15) is 13.9 Å². The van der Waals surface area contributed by atoms with Gasteiger partial charge < -0.3 is 14.7 Å². The molecule has 0 aromatic heterocycles. The molecule has 112 valence electrons. The van der Waals surface area contributed by atoms with Crippen LogP contribution in [0.15, 0.2) is 18.2 Å². The highest BCUT2D eigenvalue weighted by Crippen LogP contribution is 2.39. The molecule has 0 radical (unpaired) electrons. The smallest absolute Gasteiger partial charge is 0.387 e. The minimum Gasteiger partial charge on any atom is -0.504 e. The minimum atomic E-state index is -2.91. The van der Waals surface area contributed by atoms with E-state index in [0.717, 1.165) is 44.5 Å². The van der Waals surface area contributed by atoms with Crippen molar-refractivity contribution in [3.05, 3.63) is 23.8 Å². The molecule has 1 aromatic rings. The summed E-state index contributed by atoms with van der Waals surface area (Å²) in [4.78, 5) is 2.40. The Kier molecular flexibility index (Phi) is 5.17. The van der Waals surface area contributed by atoms with Gasteiger partial charge in [0.2, 0.25) is 0 Å². The highest BCUT2D eigenvalue weighted by molar-refractivity contribution is 5.47. The topological polar surface area (TPSA) is 32.7 Å². The van der Waals surface area contributed by atoms with Gasteiger partial charge in [-0.1, -0.05) is 19.1 Å². The third-order valence-corrected chi connectivity index (χ3v) is 3.81. The van der Waals surface area contributed by atoms with Gasteiger partial charge in [-0.05, 0) is 50.9 Å². The molecule has 1 saturated heterocycles. The maximum atomic E-state index is 12.3. The van der Waals surface area contributed by atoms with Crippen molar-refractivity contribution in [1.29, 1.82) is 0 Å². The van der Waals surface area contributed by atoms with Crippen molar-refractivity contribution in [2.45, 2.75) is 38.7 Å². The number of likely N-dealkylation sites (tertiary alicyclic amines) is 1. The third kappa shape index (κ3) is 3.60. The van der Waals surface area contributed by atoms with Crippen molar-refractivity contribution < 1.29 is 18.6 Å². The lowest BCUT2D eigenvalue weighted by atomic mass is 9.88. The summed E-state index contributed by atoms with van der Waals surface area (Å²) in [7, 11) is 0. The maximum Gasteiger partial charge on any atom is 0.387 e. The molecule has 1 N–H and O–H groups in total. The fraction of sp³-hybridized carbons (Fsp3) is 0.600. The van der Waals surface area contributed by atoms with E-state index in [2.05, 4.69) is 16.6 Å². The van der Waals surface area contributed by atoms with Crippen LogP contribution in [0.4, 0.5) is 8.78 Å². The van der Waals surface area contributed by atoms with Crippen molar-refractivity contribution in [2.24, 2.45) is 0 Å². The zero-order valence-electron chi connectivity index (χ0n) is 11.7. The van der Waals surface area contributed by atoms with Gasteiger partial charge in [-0.3, -0.25) is 0 Å². The van der Waals surface area contributed by atoms with Crippen molar-refractivity contribution in [1.82, 2.24) is 4.90 Å². The number of piperidine rings is 1. The monoisotopic (exact) mass is 285 g/mol. The van der Waals surface area contributed by atoms with Crippen molar-refractivity contribution in [3.63, 3.8) is 0 Å². The Morgan fingerprint density at radius 2 is 2.05 bits per heavy atom. The molecule has 3 nitrogen and oxygen atoms in total. The number of aromatic hydroxyl groups is 1. The number of alkyl halides is 2. The van der Waals surface area contributed by atoms with Crippen LogP contribution in [-0.4, -0.2) is 36.3 Å². The fourth-order valence-electron chi connectivity index (χ4n) is 2.84. The van der Waals surface area contributed by atoms with Crippen LogP contribution in [0.5, 0.6) is 11.5 Å². The molecule has 0 atom stereocenters. The van der Waals surface area contributed by atoms with E-state index in [1.54, 1.807) is 12.1 Å². The van der Waals surface area contributed by atoms with Crippen LogP contribution < -0.4 is 4.74 Å². The summed E-state index contributed by atoms with van der Waals surface area (Å²) in [6.45, 7) is 2.30. The second kappa shape index (κ2) is 6.88. The highest BCUT2D eigenvalue weighted by atomic mass is 19.3. The van der Waals surface area contributed by atoms with Gasteiger partial charge in [0, 0.05) is 5.56 Å². The average Bonchev–Trinajstić information content (AvgIpc) is 2.42. The van der Waals surface area contributed by atoms with Crippen molar-refractivity contribution in [3.8, 4) is 11.5 Å². The zero-order valence-corrected chi connectivity index (χ0v) is 11.7. The summed E-state index contributed by atoms with van der Waals surface area (Å²) in [5.41, 5.74) is 0.722. The normalized spacial score (nSPS) is 17.6. The Hall–Kier alpha value is -1.36. The van der Waals surface area contributed by atoms with Gasteiger partial charge >= 0.3 is 6.61 Å². The molecule has 1 aliphatic rings. The molecule has 0 bridgehead atoms. The van der Waals surface area contributed by atoms with E-state index < -0.39 is 6.61 Å². The summed E-state index contributed by atoms with van der Waals surface area (Å²) in [5, 5.41) is 10.1. The number of benzene rings is 1. The second-order valence-electron chi connectivity index (χ2n) is 5.19. The van der Waals surface area contributed by atoms with Crippen LogP contribution in [-0.2, 0) is 0 Å². The van der Waals surface area contributed by atoms with Crippen LogP contribution in [0.3, 0.4) is 0 Å². The lowest BCUT2D eigenvalue weighted by Crippen LogP contribution is -2.33. The van der Waals surface area contributed by atoms with Crippen LogP contribution in [0.1, 0.15) is 37.7 Å². The molecule has 0 saturated carbocycles. The summed E-state index contributed by atoms with van der Waals surface area (Å²) < 4.78 is 28.9. The van der Waals surface area contributed by atoms with Gasteiger partial charge in [0.25, 0.3) is 0 Å². The Morgan fingerprint density at radius 3 is 2.65 bits per heavy atom. The Bertz CT molecular complexity index is 432. The predicted octanol–water partition coefficient (Wildman–Crippen LogP) is 3.58. The van der Waals surface area contributed by atoms with E-state index in [0.29, 0.717) is 0 Å².